The second-order valence-electron chi connectivity index (χ2n) is 2.43. The fourth-order valence-corrected chi connectivity index (χ4v) is 0.707. The minimum Gasteiger partial charge on any atom is -0.463 e. The van der Waals surface area contributed by atoms with Crippen LogP contribution in [0.15, 0.2) is 11.6 Å². The molecule has 0 saturated heterocycles. The zero-order valence-corrected chi connectivity index (χ0v) is 7.26. The van der Waals surface area contributed by atoms with Crippen molar-refractivity contribution in [3.8, 4) is 0 Å². The minimum atomic E-state index is -0.287. The van der Waals surface area contributed by atoms with E-state index >= 15 is 0 Å². The zero-order chi connectivity index (χ0) is 8.85. The van der Waals surface area contributed by atoms with Crippen LogP contribution < -0.4 is 5.73 Å². The summed E-state index contributed by atoms with van der Waals surface area (Å²) in [6.45, 7) is 5.68. The van der Waals surface area contributed by atoms with Crippen molar-refractivity contribution in [3.05, 3.63) is 11.6 Å². The summed E-state index contributed by atoms with van der Waals surface area (Å²) in [6, 6.07) is -0.0978. The van der Waals surface area contributed by atoms with Crippen molar-refractivity contribution in [1.29, 1.82) is 0 Å². The number of esters is 1. The molecule has 0 spiro atoms. The fraction of sp³-hybridized carbons (Fsp3) is 0.625. The molecule has 0 aliphatic carbocycles. The third-order valence-corrected chi connectivity index (χ3v) is 1.11. The van der Waals surface area contributed by atoms with E-state index in [4.69, 9.17) is 10.5 Å². The van der Waals surface area contributed by atoms with Crippen LogP contribution in [-0.2, 0) is 9.53 Å². The predicted octanol–water partition coefficient (Wildman–Crippen LogP) is 0.843. The van der Waals surface area contributed by atoms with Gasteiger partial charge in [0.05, 0.1) is 6.61 Å². The van der Waals surface area contributed by atoms with Crippen LogP contribution in [0.1, 0.15) is 20.8 Å². The van der Waals surface area contributed by atoms with Crippen LogP contribution in [0.2, 0.25) is 0 Å². The number of hydrogen-bond acceptors (Lipinski definition) is 3. The van der Waals surface area contributed by atoms with E-state index in [0.717, 1.165) is 0 Å². The van der Waals surface area contributed by atoms with E-state index in [9.17, 15) is 4.79 Å². The van der Waals surface area contributed by atoms with Gasteiger partial charge in [0, 0.05) is 11.6 Å². The van der Waals surface area contributed by atoms with Gasteiger partial charge in [0.2, 0.25) is 0 Å². The summed E-state index contributed by atoms with van der Waals surface area (Å²) in [4.78, 5) is 10.9. The molecule has 3 heteroatoms. The molecule has 0 rings (SSSR count). The van der Waals surface area contributed by atoms with Gasteiger partial charge in [-0.05, 0) is 20.8 Å². The molecule has 0 unspecified atom stereocenters. The lowest BCUT2D eigenvalue weighted by molar-refractivity contribution is -0.138. The predicted molar refractivity (Wildman–Crippen MR) is 44.0 cm³/mol. The summed E-state index contributed by atoms with van der Waals surface area (Å²) in [7, 11) is 0. The number of rotatable bonds is 3. The maximum Gasteiger partial charge on any atom is 0.333 e. The second-order valence-corrected chi connectivity index (χ2v) is 2.43. The lowest BCUT2D eigenvalue weighted by Gasteiger charge is -2.02. The van der Waals surface area contributed by atoms with Crippen molar-refractivity contribution in [2.75, 3.05) is 6.61 Å². The standard InChI is InChI=1S/C8H15NO2/c1-4-11-8(10)6(2)5-7(3)9/h5,7H,4,9H2,1-3H3/b6-5-/t7-/m0/s1. The maximum atomic E-state index is 10.9. The maximum absolute atomic E-state index is 10.9. The van der Waals surface area contributed by atoms with Crippen LogP contribution in [-0.4, -0.2) is 18.6 Å². The molecule has 3 nitrogen and oxygen atoms in total. The SMILES string of the molecule is CCOC(=O)/C(C)=C\[C@H](C)N. The fourth-order valence-electron chi connectivity index (χ4n) is 0.707. The Morgan fingerprint density at radius 3 is 2.64 bits per heavy atom. The van der Waals surface area contributed by atoms with Crippen LogP contribution in [0.4, 0.5) is 0 Å². The number of carbonyl (C=O) groups excluding carboxylic acids is 1. The van der Waals surface area contributed by atoms with E-state index in [1.807, 2.05) is 6.92 Å². The van der Waals surface area contributed by atoms with Gasteiger partial charge in [-0.1, -0.05) is 6.08 Å². The van der Waals surface area contributed by atoms with Crippen molar-refractivity contribution >= 4 is 5.97 Å². The Balaban J connectivity index is 4.01. The van der Waals surface area contributed by atoms with Gasteiger partial charge < -0.3 is 10.5 Å². The average Bonchev–Trinajstić information content (AvgIpc) is 1.86. The first-order chi connectivity index (χ1) is 5.07. The number of nitrogens with two attached hydrogens (primary N) is 1. The van der Waals surface area contributed by atoms with E-state index in [1.54, 1.807) is 19.9 Å². The number of ether oxygens (including phenoxy) is 1. The average molecular weight is 157 g/mol. The molecule has 0 aliphatic heterocycles. The highest BCUT2D eigenvalue weighted by atomic mass is 16.5. The van der Waals surface area contributed by atoms with Gasteiger partial charge >= 0.3 is 5.97 Å². The molecule has 2 N–H and O–H groups in total. The normalized spacial score (nSPS) is 14.4. The molecule has 0 aromatic heterocycles. The van der Waals surface area contributed by atoms with E-state index < -0.39 is 0 Å². The summed E-state index contributed by atoms with van der Waals surface area (Å²) in [5.74, 6) is -0.287. The van der Waals surface area contributed by atoms with E-state index in [2.05, 4.69) is 0 Å². The third kappa shape index (κ3) is 4.56. The smallest absolute Gasteiger partial charge is 0.333 e. The Bertz CT molecular complexity index is 161. The van der Waals surface area contributed by atoms with Gasteiger partial charge in [-0.3, -0.25) is 0 Å². The molecule has 0 fully saturated rings. The Labute approximate surface area is 67.2 Å². The van der Waals surface area contributed by atoms with Gasteiger partial charge in [-0.2, -0.15) is 0 Å². The Kier molecular flexibility index (Phi) is 4.54. The van der Waals surface area contributed by atoms with Crippen molar-refractivity contribution in [2.24, 2.45) is 5.73 Å². The Morgan fingerprint density at radius 2 is 2.27 bits per heavy atom. The highest BCUT2D eigenvalue weighted by molar-refractivity contribution is 5.87. The molecule has 0 heterocycles. The molecule has 0 saturated carbocycles. The lowest BCUT2D eigenvalue weighted by Crippen LogP contribution is -2.14. The molecule has 11 heavy (non-hydrogen) atoms. The van der Waals surface area contributed by atoms with Gasteiger partial charge in [-0.15, -0.1) is 0 Å². The van der Waals surface area contributed by atoms with Crippen LogP contribution in [0, 0.1) is 0 Å². The third-order valence-electron chi connectivity index (χ3n) is 1.11. The molecule has 0 aliphatic rings. The largest absolute Gasteiger partial charge is 0.463 e. The van der Waals surface area contributed by atoms with Crippen molar-refractivity contribution in [2.45, 2.75) is 26.8 Å². The summed E-state index contributed by atoms with van der Waals surface area (Å²) >= 11 is 0. The first-order valence-electron chi connectivity index (χ1n) is 3.69. The molecule has 0 amide bonds. The van der Waals surface area contributed by atoms with E-state index in [-0.39, 0.29) is 12.0 Å². The minimum absolute atomic E-state index is 0.0978. The molecule has 64 valence electrons. The summed E-state index contributed by atoms with van der Waals surface area (Å²) in [6.07, 6.45) is 1.68. The lowest BCUT2D eigenvalue weighted by atomic mass is 10.2. The quantitative estimate of drug-likeness (QED) is 0.488. The molecule has 0 bridgehead atoms. The molecular formula is C8H15NO2. The first kappa shape index (κ1) is 10.2. The van der Waals surface area contributed by atoms with Crippen LogP contribution >= 0.6 is 0 Å². The van der Waals surface area contributed by atoms with E-state index in [1.165, 1.54) is 0 Å². The van der Waals surface area contributed by atoms with Gasteiger partial charge in [0.25, 0.3) is 0 Å². The molecule has 0 aromatic rings. The van der Waals surface area contributed by atoms with Crippen LogP contribution in [0.3, 0.4) is 0 Å². The topological polar surface area (TPSA) is 52.3 Å². The summed E-state index contributed by atoms with van der Waals surface area (Å²) < 4.78 is 4.74. The molecule has 0 aromatic carbocycles. The van der Waals surface area contributed by atoms with Crippen molar-refractivity contribution in [1.82, 2.24) is 0 Å². The van der Waals surface area contributed by atoms with Crippen LogP contribution in [0.5, 0.6) is 0 Å². The molecular weight excluding hydrogens is 142 g/mol. The van der Waals surface area contributed by atoms with Crippen molar-refractivity contribution < 1.29 is 9.53 Å². The number of hydrogen-bond donors (Lipinski definition) is 1. The molecule has 1 atom stereocenters. The zero-order valence-electron chi connectivity index (χ0n) is 7.26. The molecule has 0 radical (unpaired) electrons. The van der Waals surface area contributed by atoms with Crippen LogP contribution in [0.25, 0.3) is 0 Å². The van der Waals surface area contributed by atoms with Gasteiger partial charge in [0.15, 0.2) is 0 Å². The Morgan fingerprint density at radius 1 is 1.73 bits per heavy atom. The van der Waals surface area contributed by atoms with Crippen molar-refractivity contribution in [3.63, 3.8) is 0 Å². The summed E-state index contributed by atoms with van der Waals surface area (Å²) in [5, 5.41) is 0. The first-order valence-corrected chi connectivity index (χ1v) is 3.69. The van der Waals surface area contributed by atoms with Gasteiger partial charge in [-0.25, -0.2) is 4.79 Å². The van der Waals surface area contributed by atoms with Gasteiger partial charge in [0.1, 0.15) is 0 Å². The van der Waals surface area contributed by atoms with E-state index in [0.29, 0.717) is 12.2 Å². The highest BCUT2D eigenvalue weighted by Crippen LogP contribution is 1.97. The monoisotopic (exact) mass is 157 g/mol. The number of carbonyl (C=O) groups is 1. The second kappa shape index (κ2) is 4.91. The summed E-state index contributed by atoms with van der Waals surface area (Å²) in [5.41, 5.74) is 6.01. The Hall–Kier alpha value is -0.830. The highest BCUT2D eigenvalue weighted by Gasteiger charge is 2.03.